The summed E-state index contributed by atoms with van der Waals surface area (Å²) in [5, 5.41) is 23.3. The summed E-state index contributed by atoms with van der Waals surface area (Å²) in [5.74, 6) is -0.566. The number of nitrogens with zero attached hydrogens (tertiary/aromatic N) is 3. The molecule has 3 aromatic rings. The number of β-amino-alcohol motifs (C(OH)–C–C–N with tert-alkyl or cyclic N) is 1. The van der Waals surface area contributed by atoms with Gasteiger partial charge in [0.15, 0.2) is 0 Å². The van der Waals surface area contributed by atoms with Crippen molar-refractivity contribution in [2.45, 2.75) is 128 Å². The lowest BCUT2D eigenvalue weighted by atomic mass is 9.74. The van der Waals surface area contributed by atoms with E-state index in [2.05, 4.69) is 26.3 Å². The topological polar surface area (TPSA) is 201 Å². The van der Waals surface area contributed by atoms with Crippen LogP contribution in [0.25, 0.3) is 10.4 Å². The van der Waals surface area contributed by atoms with E-state index in [1.54, 1.807) is 22.3 Å². The van der Waals surface area contributed by atoms with Crippen molar-refractivity contribution in [1.82, 2.24) is 36.1 Å². The van der Waals surface area contributed by atoms with Crippen LogP contribution >= 0.6 is 11.3 Å². The molecule has 3 heterocycles. The lowest BCUT2D eigenvalue weighted by Gasteiger charge is -2.42. The number of rotatable bonds is 22. The van der Waals surface area contributed by atoms with Crippen LogP contribution in [0.5, 0.6) is 0 Å². The molecule has 16 nitrogen and oxygen atoms in total. The van der Waals surface area contributed by atoms with E-state index in [9.17, 15) is 33.5 Å². The number of hydrogen-bond acceptors (Lipinski definition) is 12. The maximum atomic E-state index is 14.0. The number of aromatic nitrogens is 1. The van der Waals surface area contributed by atoms with E-state index in [0.29, 0.717) is 38.1 Å². The van der Waals surface area contributed by atoms with Crippen molar-refractivity contribution in [2.24, 2.45) is 17.3 Å². The van der Waals surface area contributed by atoms with Gasteiger partial charge in [-0.25, -0.2) is 9.37 Å². The molecule has 0 spiro atoms. The fraction of sp³-hybridized carbons (Fsp3) is 0.608. The Morgan fingerprint density at radius 3 is 2.29 bits per heavy atom. The largest absolute Gasteiger partial charge is 0.391 e. The van der Waals surface area contributed by atoms with E-state index in [4.69, 9.17) is 14.2 Å². The number of carbonyl (C=O) groups is 5. The zero-order valence-corrected chi connectivity index (χ0v) is 41.1. The van der Waals surface area contributed by atoms with Crippen LogP contribution in [0.4, 0.5) is 4.39 Å². The number of hydrogen-bond donors (Lipinski definition) is 5. The Morgan fingerprint density at radius 2 is 1.59 bits per heavy atom. The summed E-state index contributed by atoms with van der Waals surface area (Å²) in [6, 6.07) is 10.8. The molecule has 374 valence electrons. The average Bonchev–Trinajstić information content (AvgIpc) is 4.12. The predicted octanol–water partition coefficient (Wildman–Crippen LogP) is 4.15. The molecule has 4 unspecified atom stereocenters. The molecule has 5 fully saturated rings. The Morgan fingerprint density at radius 1 is 0.899 bits per heavy atom. The van der Waals surface area contributed by atoms with Gasteiger partial charge in [0.25, 0.3) is 0 Å². The Bertz CT molecular complexity index is 2340. The Kier molecular flexibility index (Phi) is 15.9. The van der Waals surface area contributed by atoms with E-state index >= 15 is 0 Å². The fourth-order valence-corrected chi connectivity index (χ4v) is 12.3. The van der Waals surface area contributed by atoms with E-state index in [-0.39, 0.29) is 106 Å². The number of likely N-dealkylation sites (tertiary alicyclic amines) is 1. The van der Waals surface area contributed by atoms with E-state index in [1.165, 1.54) is 17.0 Å². The Hall–Kier alpha value is -4.85. The standard InChI is InChI=1S/C51H68FN7O9S/c1-32-45(69-31-54-32)35-7-5-33(6-8-35)25-53-47(64)41-21-40(60)29-59(41)48(65)46(49(2,3)4)56-42(61)11-13-66-15-17-68-18-16-67-14-12-43(62)57-50-22-34-19-38(24-50)51(23-34,30-50)55-26-44(63)58-27-36-9-10-39(52)20-37(36)28-58/h5-10,20,31,34,38,40-41,46,55,60H,11-19,21-30H2,1-4H3,(H,53,64)(H,56,61)(H,57,62)/t34?,38?,40-,41+,46-,50?,51?/m1/s1. The highest BCUT2D eigenvalue weighted by molar-refractivity contribution is 7.13. The summed E-state index contributed by atoms with van der Waals surface area (Å²) in [6.45, 7) is 10.4. The summed E-state index contributed by atoms with van der Waals surface area (Å²) >= 11 is 1.57. The molecule has 1 aromatic heterocycles. The van der Waals surface area contributed by atoms with Crippen molar-refractivity contribution < 1.29 is 47.7 Å². The number of aryl methyl sites for hydroxylation is 1. The first-order valence-corrected chi connectivity index (χ1v) is 25.3. The average molecular weight is 974 g/mol. The van der Waals surface area contributed by atoms with Gasteiger partial charge in [-0.1, -0.05) is 51.1 Å². The molecule has 2 aromatic carbocycles. The molecule has 9 rings (SSSR count). The number of amides is 5. The van der Waals surface area contributed by atoms with Gasteiger partial charge in [0.05, 0.1) is 68.4 Å². The molecule has 18 heteroatoms. The first-order chi connectivity index (χ1) is 33.0. The molecule has 6 aliphatic rings. The highest BCUT2D eigenvalue weighted by Crippen LogP contribution is 2.62. The van der Waals surface area contributed by atoms with E-state index in [1.807, 2.05) is 57.5 Å². The molecule has 69 heavy (non-hydrogen) atoms. The van der Waals surface area contributed by atoms with Gasteiger partial charge in [-0.05, 0) is 90.7 Å². The maximum Gasteiger partial charge on any atom is 0.246 e. The SMILES string of the molecule is Cc1ncsc1-c1ccc(CNC(=O)[C@@H]2C[C@@H](O)CN2C(=O)[C@@H](NC(=O)CCOCCOCCOCCC(=O)NC23CC4CC(C2)C(NCC(=O)N2Cc5ccc(F)cc5C2)(C4)C3)C(C)(C)C)cc1. The van der Waals surface area contributed by atoms with Crippen molar-refractivity contribution in [2.75, 3.05) is 52.7 Å². The fourth-order valence-electron chi connectivity index (χ4n) is 11.5. The van der Waals surface area contributed by atoms with Crippen LogP contribution in [0.3, 0.4) is 0 Å². The third-order valence-electron chi connectivity index (χ3n) is 14.7. The summed E-state index contributed by atoms with van der Waals surface area (Å²) in [7, 11) is 0. The van der Waals surface area contributed by atoms with E-state index in [0.717, 1.165) is 64.9 Å². The van der Waals surface area contributed by atoms with Gasteiger partial charge >= 0.3 is 0 Å². The van der Waals surface area contributed by atoms with Crippen LogP contribution in [0.15, 0.2) is 48.0 Å². The van der Waals surface area contributed by atoms with Gasteiger partial charge in [0.2, 0.25) is 29.5 Å². The molecule has 4 saturated carbocycles. The first kappa shape index (κ1) is 50.5. The number of aliphatic hydroxyl groups excluding tert-OH is 1. The number of aliphatic hydroxyl groups is 1. The van der Waals surface area contributed by atoms with Crippen LogP contribution in [0.2, 0.25) is 0 Å². The Balaban J connectivity index is 0.674. The predicted molar refractivity (Wildman–Crippen MR) is 256 cm³/mol. The molecule has 4 bridgehead atoms. The second-order valence-electron chi connectivity index (χ2n) is 20.9. The van der Waals surface area contributed by atoms with Crippen molar-refractivity contribution in [1.29, 1.82) is 0 Å². The molecular formula is C51H68FN7O9S. The van der Waals surface area contributed by atoms with Crippen molar-refractivity contribution >= 4 is 40.9 Å². The summed E-state index contributed by atoms with van der Waals surface area (Å²) in [4.78, 5) is 75.3. The zero-order chi connectivity index (χ0) is 48.9. The molecule has 0 radical (unpaired) electrons. The minimum absolute atomic E-state index is 0.0111. The highest BCUT2D eigenvalue weighted by atomic mass is 32.1. The third-order valence-corrected chi connectivity index (χ3v) is 15.6. The van der Waals surface area contributed by atoms with Crippen molar-refractivity contribution in [3.8, 4) is 10.4 Å². The van der Waals surface area contributed by atoms with Crippen LogP contribution < -0.4 is 21.3 Å². The smallest absolute Gasteiger partial charge is 0.246 e. The molecule has 4 aliphatic carbocycles. The van der Waals surface area contributed by atoms with Gasteiger partial charge in [-0.3, -0.25) is 24.0 Å². The molecule has 7 atom stereocenters. The quantitative estimate of drug-likeness (QED) is 0.0907. The van der Waals surface area contributed by atoms with Crippen LogP contribution in [-0.4, -0.2) is 131 Å². The number of benzene rings is 2. The number of carbonyl (C=O) groups excluding carboxylic acids is 5. The molecular weight excluding hydrogens is 906 g/mol. The Labute approximate surface area is 407 Å². The molecule has 5 N–H and O–H groups in total. The van der Waals surface area contributed by atoms with Gasteiger partial charge < -0.3 is 50.4 Å². The normalized spacial score (nSPS) is 25.0. The number of ether oxygens (including phenoxy) is 3. The van der Waals surface area contributed by atoms with Crippen molar-refractivity contribution in [3.05, 3.63) is 76.2 Å². The number of thiazole rings is 1. The summed E-state index contributed by atoms with van der Waals surface area (Å²) < 4.78 is 30.7. The lowest BCUT2D eigenvalue weighted by Crippen LogP contribution is -2.57. The van der Waals surface area contributed by atoms with Gasteiger partial charge in [-0.15, -0.1) is 11.3 Å². The lowest BCUT2D eigenvalue weighted by molar-refractivity contribution is -0.144. The van der Waals surface area contributed by atoms with Gasteiger partial charge in [-0.2, -0.15) is 0 Å². The minimum atomic E-state index is -0.941. The van der Waals surface area contributed by atoms with Gasteiger partial charge in [0.1, 0.15) is 17.9 Å². The van der Waals surface area contributed by atoms with Crippen LogP contribution in [-0.2, 0) is 57.8 Å². The monoisotopic (exact) mass is 973 g/mol. The number of nitrogens with one attached hydrogen (secondary N) is 4. The maximum absolute atomic E-state index is 14.0. The zero-order valence-electron chi connectivity index (χ0n) is 40.3. The van der Waals surface area contributed by atoms with Crippen LogP contribution in [0, 0.1) is 30.0 Å². The minimum Gasteiger partial charge on any atom is -0.391 e. The molecule has 1 saturated heterocycles. The van der Waals surface area contributed by atoms with Gasteiger partial charge in [0, 0.05) is 56.5 Å². The van der Waals surface area contributed by atoms with Crippen molar-refractivity contribution in [3.63, 3.8) is 0 Å². The number of fused-ring (bicyclic) bond motifs is 1. The first-order valence-electron chi connectivity index (χ1n) is 24.4. The highest BCUT2D eigenvalue weighted by Gasteiger charge is 2.64. The molecule has 2 aliphatic heterocycles. The summed E-state index contributed by atoms with van der Waals surface area (Å²) in [6.07, 6.45) is 4.27. The van der Waals surface area contributed by atoms with Crippen LogP contribution in [0.1, 0.15) is 94.5 Å². The molecule has 5 amide bonds. The summed E-state index contributed by atoms with van der Waals surface area (Å²) in [5.41, 5.74) is 5.45. The second kappa shape index (κ2) is 21.6. The third kappa shape index (κ3) is 12.2. The second-order valence-corrected chi connectivity index (χ2v) is 21.7. The number of halogens is 1. The van der Waals surface area contributed by atoms with E-state index < -0.39 is 29.5 Å².